The molecule has 0 bridgehead atoms. The van der Waals surface area contributed by atoms with Gasteiger partial charge in [-0.15, -0.1) is 0 Å². The highest BCUT2D eigenvalue weighted by Crippen LogP contribution is 2.28. The summed E-state index contributed by atoms with van der Waals surface area (Å²) in [5, 5.41) is 2.68. The van der Waals surface area contributed by atoms with Gasteiger partial charge in [0.15, 0.2) is 0 Å². The highest BCUT2D eigenvalue weighted by atomic mass is 79.9. The molecule has 1 N–H and O–H groups in total. The third kappa shape index (κ3) is 2.57. The summed E-state index contributed by atoms with van der Waals surface area (Å²) in [4.78, 5) is 25.8. The molecular formula is C14H16BrFN2O2. The Bertz CT molecular complexity index is 562. The number of carbonyl (C=O) groups excluding carboxylic acids is 2. The second-order valence-electron chi connectivity index (χ2n) is 5.21. The van der Waals surface area contributed by atoms with Crippen molar-refractivity contribution in [1.82, 2.24) is 5.32 Å². The van der Waals surface area contributed by atoms with Gasteiger partial charge in [-0.05, 0) is 31.0 Å². The number of benzene rings is 1. The molecule has 6 heteroatoms. The van der Waals surface area contributed by atoms with E-state index in [1.54, 1.807) is 13.0 Å². The van der Waals surface area contributed by atoms with Gasteiger partial charge in [-0.2, -0.15) is 0 Å². The monoisotopic (exact) mass is 342 g/mol. The SMILES string of the molecule is CC(C)C1NC(=O)C(C)N(c2cc(Br)ccc2F)C1=O. The van der Waals surface area contributed by atoms with Gasteiger partial charge < -0.3 is 5.32 Å². The maximum atomic E-state index is 14.0. The highest BCUT2D eigenvalue weighted by molar-refractivity contribution is 9.10. The second kappa shape index (κ2) is 5.52. The molecule has 0 spiro atoms. The number of hydrogen-bond acceptors (Lipinski definition) is 2. The van der Waals surface area contributed by atoms with Gasteiger partial charge in [0.1, 0.15) is 17.9 Å². The van der Waals surface area contributed by atoms with Crippen LogP contribution in [0.2, 0.25) is 0 Å². The number of piperazine rings is 1. The third-order valence-electron chi connectivity index (χ3n) is 3.40. The summed E-state index contributed by atoms with van der Waals surface area (Å²) in [6.07, 6.45) is 0. The van der Waals surface area contributed by atoms with E-state index in [1.165, 1.54) is 17.0 Å². The minimum absolute atomic E-state index is 0.0586. The number of nitrogens with zero attached hydrogens (tertiary/aromatic N) is 1. The molecule has 0 radical (unpaired) electrons. The topological polar surface area (TPSA) is 49.4 Å². The fourth-order valence-electron chi connectivity index (χ4n) is 2.24. The number of hydrogen-bond donors (Lipinski definition) is 1. The summed E-state index contributed by atoms with van der Waals surface area (Å²) in [6.45, 7) is 5.27. The quantitative estimate of drug-likeness (QED) is 0.897. The van der Waals surface area contributed by atoms with E-state index in [-0.39, 0.29) is 23.4 Å². The molecule has 0 aromatic heterocycles. The van der Waals surface area contributed by atoms with Crippen LogP contribution in [0.3, 0.4) is 0 Å². The molecule has 4 nitrogen and oxygen atoms in total. The molecule has 2 rings (SSSR count). The maximum Gasteiger partial charge on any atom is 0.250 e. The van der Waals surface area contributed by atoms with Crippen molar-refractivity contribution in [3.05, 3.63) is 28.5 Å². The van der Waals surface area contributed by atoms with Crippen LogP contribution in [-0.4, -0.2) is 23.9 Å². The van der Waals surface area contributed by atoms with Crippen LogP contribution in [0, 0.1) is 11.7 Å². The summed E-state index contributed by atoms with van der Waals surface area (Å²) in [5.41, 5.74) is 0.123. The average Bonchev–Trinajstić information content (AvgIpc) is 2.37. The first-order chi connectivity index (χ1) is 9.32. The van der Waals surface area contributed by atoms with Gasteiger partial charge in [0, 0.05) is 4.47 Å². The Balaban J connectivity index is 2.48. The van der Waals surface area contributed by atoms with Crippen molar-refractivity contribution < 1.29 is 14.0 Å². The predicted octanol–water partition coefficient (Wildman–Crippen LogP) is 2.46. The fraction of sp³-hybridized carbons (Fsp3) is 0.429. The van der Waals surface area contributed by atoms with Gasteiger partial charge >= 0.3 is 0 Å². The minimum atomic E-state index is -0.735. The molecule has 2 atom stereocenters. The van der Waals surface area contributed by atoms with Gasteiger partial charge in [0.05, 0.1) is 5.69 Å². The molecule has 108 valence electrons. The molecule has 2 unspecified atom stereocenters. The van der Waals surface area contributed by atoms with Crippen LogP contribution in [-0.2, 0) is 9.59 Å². The first-order valence-electron chi connectivity index (χ1n) is 6.41. The van der Waals surface area contributed by atoms with Crippen molar-refractivity contribution in [3.63, 3.8) is 0 Å². The zero-order valence-electron chi connectivity index (χ0n) is 11.5. The first-order valence-corrected chi connectivity index (χ1v) is 7.20. The van der Waals surface area contributed by atoms with Crippen LogP contribution in [0.4, 0.5) is 10.1 Å². The Morgan fingerprint density at radius 2 is 2.00 bits per heavy atom. The number of carbonyl (C=O) groups is 2. The van der Waals surface area contributed by atoms with Crippen LogP contribution < -0.4 is 10.2 Å². The molecule has 1 fully saturated rings. The summed E-state index contributed by atoms with van der Waals surface area (Å²) < 4.78 is 14.7. The molecule has 20 heavy (non-hydrogen) atoms. The zero-order chi connectivity index (χ0) is 15.0. The largest absolute Gasteiger partial charge is 0.342 e. The molecule has 1 aliphatic heterocycles. The molecule has 1 saturated heterocycles. The van der Waals surface area contributed by atoms with Crippen molar-refractivity contribution in [2.45, 2.75) is 32.9 Å². The summed E-state index contributed by atoms with van der Waals surface area (Å²) in [6, 6.07) is 2.98. The van der Waals surface area contributed by atoms with E-state index in [0.717, 1.165) is 0 Å². The zero-order valence-corrected chi connectivity index (χ0v) is 13.1. The lowest BCUT2D eigenvalue weighted by atomic mass is 9.97. The Kier molecular flexibility index (Phi) is 4.13. The molecular weight excluding hydrogens is 327 g/mol. The van der Waals surface area contributed by atoms with Crippen LogP contribution in [0.5, 0.6) is 0 Å². The van der Waals surface area contributed by atoms with Crippen molar-refractivity contribution >= 4 is 33.4 Å². The summed E-state index contributed by atoms with van der Waals surface area (Å²) >= 11 is 3.26. The van der Waals surface area contributed by atoms with Crippen LogP contribution in [0.1, 0.15) is 20.8 Å². The van der Waals surface area contributed by atoms with Crippen LogP contribution in [0.15, 0.2) is 22.7 Å². The number of halogens is 2. The number of rotatable bonds is 2. The first kappa shape index (κ1) is 15.0. The van der Waals surface area contributed by atoms with Gasteiger partial charge in [-0.1, -0.05) is 29.8 Å². The van der Waals surface area contributed by atoms with E-state index in [9.17, 15) is 14.0 Å². The van der Waals surface area contributed by atoms with E-state index < -0.39 is 17.9 Å². The lowest BCUT2D eigenvalue weighted by molar-refractivity contribution is -0.134. The predicted molar refractivity (Wildman–Crippen MR) is 77.8 cm³/mol. The molecule has 1 aromatic rings. The van der Waals surface area contributed by atoms with E-state index in [0.29, 0.717) is 4.47 Å². The van der Waals surface area contributed by atoms with Crippen molar-refractivity contribution in [3.8, 4) is 0 Å². The lowest BCUT2D eigenvalue weighted by Gasteiger charge is -2.38. The molecule has 1 heterocycles. The van der Waals surface area contributed by atoms with Crippen LogP contribution in [0.25, 0.3) is 0 Å². The normalized spacial score (nSPS) is 23.2. The second-order valence-corrected chi connectivity index (χ2v) is 6.13. The van der Waals surface area contributed by atoms with Gasteiger partial charge in [0.2, 0.25) is 5.91 Å². The van der Waals surface area contributed by atoms with E-state index in [1.807, 2.05) is 13.8 Å². The van der Waals surface area contributed by atoms with E-state index in [4.69, 9.17) is 0 Å². The van der Waals surface area contributed by atoms with E-state index in [2.05, 4.69) is 21.2 Å². The number of nitrogens with one attached hydrogen (secondary N) is 1. The van der Waals surface area contributed by atoms with Crippen molar-refractivity contribution in [1.29, 1.82) is 0 Å². The van der Waals surface area contributed by atoms with E-state index >= 15 is 0 Å². The summed E-state index contributed by atoms with van der Waals surface area (Å²) in [7, 11) is 0. The number of amides is 2. The lowest BCUT2D eigenvalue weighted by Crippen LogP contribution is -2.64. The molecule has 0 aliphatic carbocycles. The average molecular weight is 343 g/mol. The van der Waals surface area contributed by atoms with Gasteiger partial charge in [-0.3, -0.25) is 14.5 Å². The Morgan fingerprint density at radius 3 is 2.60 bits per heavy atom. The summed E-state index contributed by atoms with van der Waals surface area (Å²) in [5.74, 6) is -1.14. The smallest absolute Gasteiger partial charge is 0.250 e. The molecule has 1 aliphatic rings. The number of anilines is 1. The highest BCUT2D eigenvalue weighted by Gasteiger charge is 2.41. The standard InChI is InChI=1S/C14H16BrFN2O2/c1-7(2)12-14(20)18(8(3)13(19)17-12)11-6-9(15)4-5-10(11)16/h4-8,12H,1-3H3,(H,17,19). The van der Waals surface area contributed by atoms with Crippen LogP contribution >= 0.6 is 15.9 Å². The van der Waals surface area contributed by atoms with Crippen molar-refractivity contribution in [2.24, 2.45) is 5.92 Å². The minimum Gasteiger partial charge on any atom is -0.342 e. The Hall–Kier alpha value is -1.43. The molecule has 2 amide bonds. The Labute approximate surface area is 125 Å². The Morgan fingerprint density at radius 1 is 1.35 bits per heavy atom. The van der Waals surface area contributed by atoms with Gasteiger partial charge in [0.25, 0.3) is 5.91 Å². The maximum absolute atomic E-state index is 14.0. The van der Waals surface area contributed by atoms with Crippen molar-refractivity contribution in [2.75, 3.05) is 4.90 Å². The fourth-order valence-corrected chi connectivity index (χ4v) is 2.59. The molecule has 0 saturated carbocycles. The molecule has 1 aromatic carbocycles. The van der Waals surface area contributed by atoms with Gasteiger partial charge in [-0.25, -0.2) is 4.39 Å². The third-order valence-corrected chi connectivity index (χ3v) is 3.90.